The summed E-state index contributed by atoms with van der Waals surface area (Å²) >= 11 is 0. The highest BCUT2D eigenvalue weighted by atomic mass is 16.4. The van der Waals surface area contributed by atoms with Crippen LogP contribution in [0.2, 0.25) is 0 Å². The van der Waals surface area contributed by atoms with E-state index in [1.807, 2.05) is 0 Å². The SMILES string of the molecule is O=C(CCNc1ccc(C(=O)O)o1)NC1CC1. The first-order valence-electron chi connectivity index (χ1n) is 5.51. The lowest BCUT2D eigenvalue weighted by molar-refractivity contribution is -0.120. The van der Waals surface area contributed by atoms with Gasteiger partial charge >= 0.3 is 5.97 Å². The summed E-state index contributed by atoms with van der Waals surface area (Å²) in [6, 6.07) is 3.27. The molecule has 1 amide bonds. The number of hydrogen-bond donors (Lipinski definition) is 3. The molecule has 17 heavy (non-hydrogen) atoms. The summed E-state index contributed by atoms with van der Waals surface area (Å²) in [5.41, 5.74) is 0. The molecule has 0 aliphatic heterocycles. The molecule has 1 aromatic heterocycles. The van der Waals surface area contributed by atoms with Crippen molar-refractivity contribution in [3.8, 4) is 0 Å². The maximum absolute atomic E-state index is 11.3. The van der Waals surface area contributed by atoms with E-state index in [9.17, 15) is 9.59 Å². The second-order valence-electron chi connectivity index (χ2n) is 3.99. The van der Waals surface area contributed by atoms with Crippen LogP contribution in [0.5, 0.6) is 0 Å². The van der Waals surface area contributed by atoms with Crippen LogP contribution in [-0.4, -0.2) is 29.6 Å². The number of nitrogens with one attached hydrogen (secondary N) is 2. The number of carbonyl (C=O) groups is 2. The third-order valence-electron chi connectivity index (χ3n) is 2.41. The highest BCUT2D eigenvalue weighted by Crippen LogP contribution is 2.18. The molecular formula is C11H14N2O4. The average Bonchev–Trinajstić information content (AvgIpc) is 2.94. The van der Waals surface area contributed by atoms with E-state index in [0.29, 0.717) is 24.9 Å². The number of carboxylic acids is 1. The summed E-state index contributed by atoms with van der Waals surface area (Å²) in [5.74, 6) is -0.855. The summed E-state index contributed by atoms with van der Waals surface area (Å²) in [7, 11) is 0. The summed E-state index contributed by atoms with van der Waals surface area (Å²) in [6.45, 7) is 0.422. The van der Waals surface area contributed by atoms with Gasteiger partial charge in [0, 0.05) is 25.1 Å². The molecule has 2 rings (SSSR count). The van der Waals surface area contributed by atoms with Gasteiger partial charge in [-0.15, -0.1) is 0 Å². The fraction of sp³-hybridized carbons (Fsp3) is 0.455. The summed E-state index contributed by atoms with van der Waals surface area (Å²) in [5, 5.41) is 14.3. The van der Waals surface area contributed by atoms with Gasteiger partial charge in [-0.3, -0.25) is 4.79 Å². The molecule has 0 spiro atoms. The van der Waals surface area contributed by atoms with Crippen LogP contribution in [0.3, 0.4) is 0 Å². The number of rotatable bonds is 6. The van der Waals surface area contributed by atoms with Crippen LogP contribution in [-0.2, 0) is 4.79 Å². The van der Waals surface area contributed by atoms with E-state index in [4.69, 9.17) is 9.52 Å². The molecule has 1 aromatic rings. The molecule has 1 fully saturated rings. The number of aromatic carboxylic acids is 1. The standard InChI is InChI=1S/C11H14N2O4/c14-9(13-7-1-2-7)5-6-12-10-4-3-8(17-10)11(15)16/h3-4,7,12H,1-2,5-6H2,(H,13,14)(H,15,16). The van der Waals surface area contributed by atoms with Crippen molar-refractivity contribution in [2.75, 3.05) is 11.9 Å². The highest BCUT2D eigenvalue weighted by molar-refractivity contribution is 5.84. The molecule has 1 heterocycles. The minimum absolute atomic E-state index is 0.00464. The van der Waals surface area contributed by atoms with Crippen molar-refractivity contribution in [2.45, 2.75) is 25.3 Å². The highest BCUT2D eigenvalue weighted by Gasteiger charge is 2.22. The van der Waals surface area contributed by atoms with Crippen molar-refractivity contribution in [1.29, 1.82) is 0 Å². The van der Waals surface area contributed by atoms with Crippen LogP contribution in [0.25, 0.3) is 0 Å². The van der Waals surface area contributed by atoms with E-state index in [1.54, 1.807) is 0 Å². The van der Waals surface area contributed by atoms with Crippen molar-refractivity contribution >= 4 is 17.8 Å². The maximum atomic E-state index is 11.3. The zero-order chi connectivity index (χ0) is 12.3. The lowest BCUT2D eigenvalue weighted by atomic mass is 10.4. The smallest absolute Gasteiger partial charge is 0.371 e. The van der Waals surface area contributed by atoms with Gasteiger partial charge in [0.05, 0.1) is 0 Å². The van der Waals surface area contributed by atoms with Crippen molar-refractivity contribution < 1.29 is 19.1 Å². The lowest BCUT2D eigenvalue weighted by Crippen LogP contribution is -2.27. The molecule has 1 aliphatic rings. The number of hydrogen-bond acceptors (Lipinski definition) is 4. The third kappa shape index (κ3) is 3.51. The number of carboxylic acid groups (broad SMARTS) is 1. The fourth-order valence-corrected chi connectivity index (χ4v) is 1.37. The summed E-state index contributed by atoms with van der Waals surface area (Å²) < 4.78 is 4.98. The van der Waals surface area contributed by atoms with Crippen LogP contribution >= 0.6 is 0 Å². The van der Waals surface area contributed by atoms with Crippen molar-refractivity contribution in [3.05, 3.63) is 17.9 Å². The van der Waals surface area contributed by atoms with Gasteiger partial charge in [-0.05, 0) is 18.9 Å². The number of amides is 1. The van der Waals surface area contributed by atoms with Gasteiger partial charge in [0.25, 0.3) is 0 Å². The Morgan fingerprint density at radius 2 is 2.18 bits per heavy atom. The molecule has 0 atom stereocenters. The third-order valence-corrected chi connectivity index (χ3v) is 2.41. The first-order chi connectivity index (χ1) is 8.15. The quantitative estimate of drug-likeness (QED) is 0.689. The van der Waals surface area contributed by atoms with E-state index < -0.39 is 5.97 Å². The van der Waals surface area contributed by atoms with E-state index >= 15 is 0 Å². The zero-order valence-corrected chi connectivity index (χ0v) is 9.23. The fourth-order valence-electron chi connectivity index (χ4n) is 1.37. The van der Waals surface area contributed by atoms with Gasteiger partial charge in [-0.2, -0.15) is 0 Å². The molecule has 0 radical (unpaired) electrons. The van der Waals surface area contributed by atoms with Crippen LogP contribution in [0.15, 0.2) is 16.5 Å². The first kappa shape index (κ1) is 11.5. The van der Waals surface area contributed by atoms with Crippen molar-refractivity contribution in [1.82, 2.24) is 5.32 Å². The maximum Gasteiger partial charge on any atom is 0.371 e. The molecule has 92 valence electrons. The van der Waals surface area contributed by atoms with E-state index in [0.717, 1.165) is 12.8 Å². The predicted octanol–water partition coefficient (Wildman–Crippen LogP) is 1.06. The van der Waals surface area contributed by atoms with Gasteiger partial charge in [-0.1, -0.05) is 0 Å². The summed E-state index contributed by atoms with van der Waals surface area (Å²) in [6.07, 6.45) is 2.48. The largest absolute Gasteiger partial charge is 0.475 e. The molecule has 6 heteroatoms. The predicted molar refractivity (Wildman–Crippen MR) is 59.9 cm³/mol. The van der Waals surface area contributed by atoms with Gasteiger partial charge in [0.1, 0.15) is 0 Å². The second-order valence-corrected chi connectivity index (χ2v) is 3.99. The molecule has 1 saturated carbocycles. The first-order valence-corrected chi connectivity index (χ1v) is 5.51. The van der Waals surface area contributed by atoms with Gasteiger partial charge in [0.15, 0.2) is 5.88 Å². The Labute approximate surface area is 98.0 Å². The Hall–Kier alpha value is -1.98. The lowest BCUT2D eigenvalue weighted by Gasteiger charge is -2.03. The Balaban J connectivity index is 1.69. The van der Waals surface area contributed by atoms with Gasteiger partial charge in [-0.25, -0.2) is 4.79 Å². The summed E-state index contributed by atoms with van der Waals surface area (Å²) in [4.78, 5) is 21.9. The van der Waals surface area contributed by atoms with Crippen LogP contribution in [0, 0.1) is 0 Å². The van der Waals surface area contributed by atoms with Crippen molar-refractivity contribution in [2.24, 2.45) is 0 Å². The molecule has 3 N–H and O–H groups in total. The van der Waals surface area contributed by atoms with E-state index in [1.165, 1.54) is 12.1 Å². The molecule has 0 saturated heterocycles. The molecule has 0 aromatic carbocycles. The van der Waals surface area contributed by atoms with Gasteiger partial charge in [0.2, 0.25) is 11.7 Å². The second kappa shape index (κ2) is 4.90. The number of anilines is 1. The Morgan fingerprint density at radius 3 is 2.76 bits per heavy atom. The number of furan rings is 1. The van der Waals surface area contributed by atoms with Gasteiger partial charge < -0.3 is 20.2 Å². The molecular weight excluding hydrogens is 224 g/mol. The molecule has 0 unspecified atom stereocenters. The van der Waals surface area contributed by atoms with E-state index in [-0.39, 0.29) is 11.7 Å². The number of carbonyl (C=O) groups excluding carboxylic acids is 1. The monoisotopic (exact) mass is 238 g/mol. The van der Waals surface area contributed by atoms with Crippen LogP contribution < -0.4 is 10.6 Å². The van der Waals surface area contributed by atoms with Crippen LogP contribution in [0.1, 0.15) is 29.8 Å². The topological polar surface area (TPSA) is 91.6 Å². The molecule has 1 aliphatic carbocycles. The van der Waals surface area contributed by atoms with Crippen molar-refractivity contribution in [3.63, 3.8) is 0 Å². The normalized spacial score (nSPS) is 14.4. The average molecular weight is 238 g/mol. The molecule has 0 bridgehead atoms. The minimum atomic E-state index is -1.11. The Morgan fingerprint density at radius 1 is 1.41 bits per heavy atom. The minimum Gasteiger partial charge on any atom is -0.475 e. The Bertz CT molecular complexity index is 423. The van der Waals surface area contributed by atoms with Crippen LogP contribution in [0.4, 0.5) is 5.88 Å². The van der Waals surface area contributed by atoms with E-state index in [2.05, 4.69) is 10.6 Å². The zero-order valence-electron chi connectivity index (χ0n) is 9.23. The Kier molecular flexibility index (Phi) is 3.32. The molecule has 6 nitrogen and oxygen atoms in total.